The molecule has 1 fully saturated rings. The number of hydrogen-bond donors (Lipinski definition) is 0. The summed E-state index contributed by atoms with van der Waals surface area (Å²) in [6.45, 7) is 6.33. The highest BCUT2D eigenvalue weighted by Crippen LogP contribution is 2.28. The number of benzene rings is 1. The molecule has 6 nitrogen and oxygen atoms in total. The number of carbonyl (C=O) groups is 2. The van der Waals surface area contributed by atoms with Crippen LogP contribution in [-0.4, -0.2) is 36.5 Å². The number of carbonyl (C=O) groups excluding carboxylic acids is 2. The zero-order valence-corrected chi connectivity index (χ0v) is 13.8. The van der Waals surface area contributed by atoms with Crippen molar-refractivity contribution in [2.45, 2.75) is 58.7 Å². The summed E-state index contributed by atoms with van der Waals surface area (Å²) in [6.07, 6.45) is -1.99. The summed E-state index contributed by atoms with van der Waals surface area (Å²) in [7, 11) is 0. The molecule has 0 spiro atoms. The average molecular weight is 322 g/mol. The van der Waals surface area contributed by atoms with Gasteiger partial charge in [-0.25, -0.2) is 0 Å². The fraction of sp³-hybridized carbons (Fsp3) is 0.529. The van der Waals surface area contributed by atoms with E-state index in [0.717, 1.165) is 5.56 Å². The summed E-state index contributed by atoms with van der Waals surface area (Å²) in [5.74, 6) is -0.172. The van der Waals surface area contributed by atoms with E-state index in [9.17, 15) is 9.59 Å². The number of esters is 2. The van der Waals surface area contributed by atoms with Crippen LogP contribution in [0.5, 0.6) is 5.75 Å². The maximum absolute atomic E-state index is 11.3. The summed E-state index contributed by atoms with van der Waals surface area (Å²) in [5, 5.41) is 0. The van der Waals surface area contributed by atoms with Crippen LogP contribution in [0, 0.1) is 6.92 Å². The Balaban J connectivity index is 2.11. The van der Waals surface area contributed by atoms with E-state index in [1.807, 2.05) is 31.2 Å². The minimum atomic E-state index is -0.645. The first kappa shape index (κ1) is 17.3. The van der Waals surface area contributed by atoms with Gasteiger partial charge in [-0.15, -0.1) is 0 Å². The molecule has 1 aromatic rings. The van der Waals surface area contributed by atoms with Gasteiger partial charge in [0.2, 0.25) is 6.29 Å². The fourth-order valence-electron chi connectivity index (χ4n) is 2.60. The van der Waals surface area contributed by atoms with E-state index in [2.05, 4.69) is 0 Å². The van der Waals surface area contributed by atoms with Gasteiger partial charge in [-0.2, -0.15) is 0 Å². The van der Waals surface area contributed by atoms with Crippen LogP contribution in [0.3, 0.4) is 0 Å². The number of hydrogen-bond acceptors (Lipinski definition) is 6. The monoisotopic (exact) mass is 322 g/mol. The van der Waals surface area contributed by atoms with E-state index in [1.165, 1.54) is 13.8 Å². The molecule has 6 heteroatoms. The molecule has 1 saturated heterocycles. The molecule has 0 N–H and O–H groups in total. The Morgan fingerprint density at radius 3 is 2.39 bits per heavy atom. The first-order valence-electron chi connectivity index (χ1n) is 7.59. The minimum absolute atomic E-state index is 0.288. The van der Waals surface area contributed by atoms with Gasteiger partial charge < -0.3 is 18.9 Å². The van der Waals surface area contributed by atoms with Crippen molar-refractivity contribution in [1.82, 2.24) is 0 Å². The van der Waals surface area contributed by atoms with E-state index in [0.29, 0.717) is 5.75 Å². The van der Waals surface area contributed by atoms with Crippen LogP contribution in [0.25, 0.3) is 0 Å². The third kappa shape index (κ3) is 4.69. The highest BCUT2D eigenvalue weighted by Gasteiger charge is 2.41. The van der Waals surface area contributed by atoms with Crippen LogP contribution in [0.15, 0.2) is 24.3 Å². The standard InChI is InChI=1S/C17H22O6/c1-10-7-5-6-8-14(10)23-16-9-15(21-12(3)18)17(11(2)20-16)22-13(4)19/h5-8,11,15-17H,9H2,1-4H3/t11-,15-,16+,17-/m1/s1. The molecular formula is C17H22O6. The summed E-state index contributed by atoms with van der Waals surface area (Å²) < 4.78 is 22.2. The summed E-state index contributed by atoms with van der Waals surface area (Å²) in [4.78, 5) is 22.6. The molecule has 0 aromatic heterocycles. The van der Waals surface area contributed by atoms with E-state index in [1.54, 1.807) is 6.92 Å². The minimum Gasteiger partial charge on any atom is -0.465 e. The van der Waals surface area contributed by atoms with Crippen molar-refractivity contribution in [3.05, 3.63) is 29.8 Å². The van der Waals surface area contributed by atoms with Gasteiger partial charge >= 0.3 is 11.9 Å². The lowest BCUT2D eigenvalue weighted by Crippen LogP contribution is -2.52. The van der Waals surface area contributed by atoms with Crippen molar-refractivity contribution in [2.75, 3.05) is 0 Å². The molecule has 0 unspecified atom stereocenters. The van der Waals surface area contributed by atoms with E-state index >= 15 is 0 Å². The lowest BCUT2D eigenvalue weighted by Gasteiger charge is -2.39. The molecule has 0 amide bonds. The molecular weight excluding hydrogens is 300 g/mol. The second-order valence-corrected chi connectivity index (χ2v) is 5.61. The Kier molecular flexibility index (Phi) is 5.60. The molecule has 0 aliphatic carbocycles. The van der Waals surface area contributed by atoms with Crippen LogP contribution in [0.2, 0.25) is 0 Å². The van der Waals surface area contributed by atoms with E-state index in [4.69, 9.17) is 18.9 Å². The van der Waals surface area contributed by atoms with Gasteiger partial charge in [-0.3, -0.25) is 9.59 Å². The Hall–Kier alpha value is -2.08. The highest BCUT2D eigenvalue weighted by atomic mass is 16.7. The highest BCUT2D eigenvalue weighted by molar-refractivity contribution is 5.67. The van der Waals surface area contributed by atoms with Crippen LogP contribution in [0.1, 0.15) is 32.8 Å². The van der Waals surface area contributed by atoms with Gasteiger partial charge in [0, 0.05) is 13.8 Å². The Bertz CT molecular complexity index is 570. The molecule has 1 aromatic carbocycles. The maximum Gasteiger partial charge on any atom is 0.303 e. The summed E-state index contributed by atoms with van der Waals surface area (Å²) in [6, 6.07) is 7.58. The van der Waals surface area contributed by atoms with Crippen molar-refractivity contribution in [1.29, 1.82) is 0 Å². The Morgan fingerprint density at radius 2 is 1.78 bits per heavy atom. The molecule has 0 radical (unpaired) electrons. The molecule has 2 rings (SSSR count). The Morgan fingerprint density at radius 1 is 1.13 bits per heavy atom. The van der Waals surface area contributed by atoms with E-state index in [-0.39, 0.29) is 6.42 Å². The predicted octanol–water partition coefficient (Wildman–Crippen LogP) is 2.37. The average Bonchev–Trinajstić information content (AvgIpc) is 2.44. The molecule has 1 aliphatic heterocycles. The van der Waals surface area contributed by atoms with Crippen molar-refractivity contribution < 1.29 is 28.5 Å². The number of ether oxygens (including phenoxy) is 4. The zero-order chi connectivity index (χ0) is 17.0. The first-order valence-corrected chi connectivity index (χ1v) is 7.59. The second kappa shape index (κ2) is 7.46. The van der Waals surface area contributed by atoms with Gasteiger partial charge in [0.1, 0.15) is 11.9 Å². The normalized spacial score (nSPS) is 27.1. The summed E-state index contributed by atoms with van der Waals surface area (Å²) >= 11 is 0. The number of para-hydroxylation sites is 1. The van der Waals surface area contributed by atoms with E-state index < -0.39 is 36.5 Å². The molecule has 0 bridgehead atoms. The van der Waals surface area contributed by atoms with Crippen molar-refractivity contribution in [3.63, 3.8) is 0 Å². The molecule has 4 atom stereocenters. The Labute approximate surface area is 135 Å². The SMILES string of the molecule is CC(=O)O[C@@H]1[C@@H](C)O[C@@H](Oc2ccccc2C)C[C@H]1OC(C)=O. The molecule has 1 aliphatic rings. The van der Waals surface area contributed by atoms with Crippen molar-refractivity contribution in [3.8, 4) is 5.75 Å². The van der Waals surface area contributed by atoms with Gasteiger partial charge in [0.25, 0.3) is 0 Å². The molecule has 0 saturated carbocycles. The van der Waals surface area contributed by atoms with Gasteiger partial charge in [-0.05, 0) is 25.5 Å². The van der Waals surface area contributed by atoms with Crippen molar-refractivity contribution in [2.24, 2.45) is 0 Å². The fourth-order valence-corrected chi connectivity index (χ4v) is 2.60. The number of aryl methyl sites for hydroxylation is 1. The van der Waals surface area contributed by atoms with Gasteiger partial charge in [0.05, 0.1) is 12.5 Å². The van der Waals surface area contributed by atoms with Crippen LogP contribution in [-0.2, 0) is 23.8 Å². The third-order valence-corrected chi connectivity index (χ3v) is 3.59. The van der Waals surface area contributed by atoms with Crippen LogP contribution >= 0.6 is 0 Å². The lowest BCUT2D eigenvalue weighted by molar-refractivity contribution is -0.234. The smallest absolute Gasteiger partial charge is 0.303 e. The second-order valence-electron chi connectivity index (χ2n) is 5.61. The van der Waals surface area contributed by atoms with Gasteiger partial charge in [-0.1, -0.05) is 18.2 Å². The zero-order valence-electron chi connectivity index (χ0n) is 13.8. The topological polar surface area (TPSA) is 71.1 Å². The predicted molar refractivity (Wildman–Crippen MR) is 81.9 cm³/mol. The largest absolute Gasteiger partial charge is 0.465 e. The quantitative estimate of drug-likeness (QED) is 0.793. The summed E-state index contributed by atoms with van der Waals surface area (Å²) in [5.41, 5.74) is 0.981. The maximum atomic E-state index is 11.3. The molecule has 23 heavy (non-hydrogen) atoms. The third-order valence-electron chi connectivity index (χ3n) is 3.59. The molecule has 126 valence electrons. The van der Waals surface area contributed by atoms with Crippen LogP contribution in [0.4, 0.5) is 0 Å². The van der Waals surface area contributed by atoms with Gasteiger partial charge in [0.15, 0.2) is 6.10 Å². The van der Waals surface area contributed by atoms with Crippen LogP contribution < -0.4 is 4.74 Å². The first-order chi connectivity index (χ1) is 10.9. The number of rotatable bonds is 4. The van der Waals surface area contributed by atoms with Crippen molar-refractivity contribution >= 4 is 11.9 Å². The molecule has 1 heterocycles. The lowest BCUT2D eigenvalue weighted by atomic mass is 10.0.